The number of imidazole rings is 1. The number of carbonyl (C=O) groups excluding carboxylic acids is 1. The number of hydrogen-bond acceptors (Lipinski definition) is 4. The summed E-state index contributed by atoms with van der Waals surface area (Å²) in [4.78, 5) is 22.3. The lowest BCUT2D eigenvalue weighted by molar-refractivity contribution is -0.154. The first-order chi connectivity index (χ1) is 13.0. The molecule has 1 amide bonds. The number of rotatable bonds is 4. The van der Waals surface area contributed by atoms with Crippen molar-refractivity contribution in [2.45, 2.75) is 12.4 Å². The second-order valence-corrected chi connectivity index (χ2v) is 5.51. The molecule has 0 saturated carbocycles. The van der Waals surface area contributed by atoms with E-state index >= 15 is 0 Å². The van der Waals surface area contributed by atoms with Crippen molar-refractivity contribution >= 4 is 22.6 Å². The Balaban J connectivity index is 1.94. The number of halogens is 6. The van der Waals surface area contributed by atoms with Crippen molar-refractivity contribution in [1.29, 1.82) is 0 Å². The van der Waals surface area contributed by atoms with Crippen molar-refractivity contribution in [2.75, 3.05) is 11.9 Å². The normalized spacial score (nSPS) is 12.2. The standard InChI is InChI=1S/C16H10F6N4O2/c17-15(18,19)6-28-14-8(4-5-11(26-14)16(20,21)22)13(27)25-10-3-1-2-9-12(10)24-7-23-9/h1-5,7H,6H2,(H,23,24)(H,25,27). The molecule has 148 valence electrons. The van der Waals surface area contributed by atoms with Crippen LogP contribution in [0, 0.1) is 0 Å². The number of ether oxygens (including phenoxy) is 1. The Kier molecular flexibility index (Phi) is 4.87. The second kappa shape index (κ2) is 7.02. The van der Waals surface area contributed by atoms with Crippen LogP contribution in [0.4, 0.5) is 32.0 Å². The van der Waals surface area contributed by atoms with Crippen molar-refractivity contribution in [2.24, 2.45) is 0 Å². The number of benzene rings is 1. The van der Waals surface area contributed by atoms with Gasteiger partial charge in [0.05, 0.1) is 17.5 Å². The highest BCUT2D eigenvalue weighted by molar-refractivity contribution is 6.09. The number of para-hydroxylation sites is 1. The molecule has 2 heterocycles. The summed E-state index contributed by atoms with van der Waals surface area (Å²) in [5.41, 5.74) is -0.962. The van der Waals surface area contributed by atoms with Gasteiger partial charge in [-0.25, -0.2) is 9.97 Å². The number of nitrogens with zero attached hydrogens (tertiary/aromatic N) is 2. The second-order valence-electron chi connectivity index (χ2n) is 5.51. The van der Waals surface area contributed by atoms with E-state index < -0.39 is 42.0 Å². The third kappa shape index (κ3) is 4.32. The summed E-state index contributed by atoms with van der Waals surface area (Å²) in [5, 5.41) is 2.38. The number of aromatic nitrogens is 3. The van der Waals surface area contributed by atoms with Gasteiger partial charge in [0.1, 0.15) is 16.8 Å². The van der Waals surface area contributed by atoms with Crippen LogP contribution < -0.4 is 10.1 Å². The number of carbonyl (C=O) groups is 1. The molecule has 0 unspecified atom stereocenters. The first-order valence-corrected chi connectivity index (χ1v) is 7.56. The zero-order valence-corrected chi connectivity index (χ0v) is 13.6. The highest BCUT2D eigenvalue weighted by atomic mass is 19.4. The summed E-state index contributed by atoms with van der Waals surface area (Å²) < 4.78 is 80.0. The van der Waals surface area contributed by atoms with E-state index in [4.69, 9.17) is 0 Å². The summed E-state index contributed by atoms with van der Waals surface area (Å²) in [6.45, 7) is -1.91. The molecule has 0 radical (unpaired) electrons. The summed E-state index contributed by atoms with van der Waals surface area (Å²) in [6.07, 6.45) is -8.39. The molecule has 2 N–H and O–H groups in total. The van der Waals surface area contributed by atoms with E-state index in [1.165, 1.54) is 12.4 Å². The van der Waals surface area contributed by atoms with Crippen LogP contribution in [0.1, 0.15) is 16.1 Å². The Morgan fingerprint density at radius 1 is 1.11 bits per heavy atom. The number of alkyl halides is 6. The molecule has 2 aromatic heterocycles. The molecular weight excluding hydrogens is 394 g/mol. The minimum atomic E-state index is -4.92. The molecule has 3 rings (SSSR count). The molecule has 0 bridgehead atoms. The van der Waals surface area contributed by atoms with Crippen LogP contribution in [0.3, 0.4) is 0 Å². The van der Waals surface area contributed by atoms with Gasteiger partial charge in [0.25, 0.3) is 5.91 Å². The Morgan fingerprint density at radius 2 is 1.86 bits per heavy atom. The molecule has 0 aliphatic rings. The molecule has 6 nitrogen and oxygen atoms in total. The van der Waals surface area contributed by atoms with E-state index in [1.807, 2.05) is 0 Å². The molecule has 0 fully saturated rings. The van der Waals surface area contributed by atoms with Crippen LogP contribution in [0.15, 0.2) is 36.7 Å². The topological polar surface area (TPSA) is 79.9 Å². The molecular formula is C16H10F6N4O2. The molecule has 12 heteroatoms. The number of nitrogens with one attached hydrogen (secondary N) is 2. The van der Waals surface area contributed by atoms with Gasteiger partial charge < -0.3 is 15.0 Å². The van der Waals surface area contributed by atoms with E-state index in [0.29, 0.717) is 23.2 Å². The summed E-state index contributed by atoms with van der Waals surface area (Å²) >= 11 is 0. The van der Waals surface area contributed by atoms with Gasteiger partial charge in [-0.2, -0.15) is 26.3 Å². The number of pyridine rings is 1. The van der Waals surface area contributed by atoms with Gasteiger partial charge in [0.15, 0.2) is 6.61 Å². The number of anilines is 1. The fourth-order valence-electron chi connectivity index (χ4n) is 2.29. The lowest BCUT2D eigenvalue weighted by Crippen LogP contribution is -2.23. The van der Waals surface area contributed by atoms with Gasteiger partial charge in [0.2, 0.25) is 5.88 Å². The van der Waals surface area contributed by atoms with Crippen LogP contribution >= 0.6 is 0 Å². The van der Waals surface area contributed by atoms with Crippen LogP contribution in [0.5, 0.6) is 5.88 Å². The molecule has 1 aromatic carbocycles. The third-order valence-electron chi connectivity index (χ3n) is 3.47. The molecule has 0 spiro atoms. The highest BCUT2D eigenvalue weighted by Gasteiger charge is 2.35. The van der Waals surface area contributed by atoms with Crippen LogP contribution in [-0.4, -0.2) is 33.6 Å². The smallest absolute Gasteiger partial charge is 0.433 e. The highest BCUT2D eigenvalue weighted by Crippen LogP contribution is 2.31. The van der Waals surface area contributed by atoms with Crippen molar-refractivity contribution in [3.05, 3.63) is 47.9 Å². The van der Waals surface area contributed by atoms with Crippen molar-refractivity contribution in [3.8, 4) is 5.88 Å². The number of H-pyrrole nitrogens is 1. The van der Waals surface area contributed by atoms with Crippen LogP contribution in [0.2, 0.25) is 0 Å². The average Bonchev–Trinajstić information content (AvgIpc) is 3.08. The molecule has 0 saturated heterocycles. The van der Waals surface area contributed by atoms with E-state index in [0.717, 1.165) is 0 Å². The summed E-state index contributed by atoms with van der Waals surface area (Å²) in [5.74, 6) is -2.09. The lowest BCUT2D eigenvalue weighted by atomic mass is 10.2. The monoisotopic (exact) mass is 404 g/mol. The van der Waals surface area contributed by atoms with Crippen molar-refractivity contribution in [1.82, 2.24) is 15.0 Å². The summed E-state index contributed by atoms with van der Waals surface area (Å²) in [7, 11) is 0. The van der Waals surface area contributed by atoms with Gasteiger partial charge in [-0.05, 0) is 24.3 Å². The maximum atomic E-state index is 12.8. The minimum Gasteiger partial charge on any atom is -0.467 e. The van der Waals surface area contributed by atoms with Crippen LogP contribution in [0.25, 0.3) is 11.0 Å². The molecule has 0 aliphatic carbocycles. The van der Waals surface area contributed by atoms with Gasteiger partial charge >= 0.3 is 12.4 Å². The fourth-order valence-corrected chi connectivity index (χ4v) is 2.29. The lowest BCUT2D eigenvalue weighted by Gasteiger charge is -2.14. The maximum absolute atomic E-state index is 12.8. The summed E-state index contributed by atoms with van der Waals surface area (Å²) in [6, 6.07) is 5.87. The van der Waals surface area contributed by atoms with Gasteiger partial charge in [-0.3, -0.25) is 4.79 Å². The molecule has 0 aliphatic heterocycles. The number of aromatic amines is 1. The average molecular weight is 404 g/mol. The van der Waals surface area contributed by atoms with Crippen molar-refractivity contribution < 1.29 is 35.9 Å². The molecule has 0 atom stereocenters. The van der Waals surface area contributed by atoms with Crippen LogP contribution in [-0.2, 0) is 6.18 Å². The van der Waals surface area contributed by atoms with Gasteiger partial charge in [0, 0.05) is 0 Å². The number of amides is 1. The quantitative estimate of drug-likeness (QED) is 0.640. The van der Waals surface area contributed by atoms with E-state index in [2.05, 4.69) is 25.0 Å². The predicted octanol–water partition coefficient (Wildman–Crippen LogP) is 4.17. The fraction of sp³-hybridized carbons (Fsp3) is 0.188. The van der Waals surface area contributed by atoms with Gasteiger partial charge in [-0.1, -0.05) is 6.07 Å². The largest absolute Gasteiger partial charge is 0.467 e. The van der Waals surface area contributed by atoms with Gasteiger partial charge in [-0.15, -0.1) is 0 Å². The predicted molar refractivity (Wildman–Crippen MR) is 84.8 cm³/mol. The van der Waals surface area contributed by atoms with E-state index in [-0.39, 0.29) is 5.69 Å². The maximum Gasteiger partial charge on any atom is 0.433 e. The Labute approximate surface area is 152 Å². The Morgan fingerprint density at radius 3 is 2.54 bits per heavy atom. The first-order valence-electron chi connectivity index (χ1n) is 7.56. The zero-order valence-electron chi connectivity index (χ0n) is 13.6. The first kappa shape index (κ1) is 19.5. The zero-order chi connectivity index (χ0) is 20.5. The Hall–Kier alpha value is -3.31. The molecule has 3 aromatic rings. The minimum absolute atomic E-state index is 0.199. The molecule has 28 heavy (non-hydrogen) atoms. The van der Waals surface area contributed by atoms with Crippen molar-refractivity contribution in [3.63, 3.8) is 0 Å². The third-order valence-corrected chi connectivity index (χ3v) is 3.47. The van der Waals surface area contributed by atoms with E-state index in [9.17, 15) is 31.1 Å². The number of hydrogen-bond donors (Lipinski definition) is 2. The van der Waals surface area contributed by atoms with E-state index in [1.54, 1.807) is 12.1 Å². The number of fused-ring (bicyclic) bond motifs is 1. The Bertz CT molecular complexity index is 1010. The SMILES string of the molecule is O=C(Nc1cccc2[nH]cnc12)c1ccc(C(F)(F)F)nc1OCC(F)(F)F.